The number of fused-ring (bicyclic) bond motifs is 2. The van der Waals surface area contributed by atoms with Gasteiger partial charge in [-0.05, 0) is 0 Å². The molecule has 3 rings (SSSR count). The molecular formula is C8H3ClF2N2O2. The van der Waals surface area contributed by atoms with Crippen LogP contribution in [-0.4, -0.2) is 13.0 Å². The average Bonchev–Trinajstić information content (AvgIpc) is 2.68. The fourth-order valence-corrected chi connectivity index (χ4v) is 1.76. The molecule has 2 aliphatic rings. The third-order valence-corrected chi connectivity index (χ3v) is 2.41. The minimum absolute atomic E-state index is 0.0147. The molecule has 0 radical (unpaired) electrons. The zero-order valence-corrected chi connectivity index (χ0v) is 7.89. The van der Waals surface area contributed by atoms with Crippen LogP contribution in [0.25, 0.3) is 0 Å². The fourth-order valence-electron chi connectivity index (χ4n) is 1.48. The highest BCUT2D eigenvalue weighted by molar-refractivity contribution is 6.32. The number of rotatable bonds is 0. The van der Waals surface area contributed by atoms with E-state index in [1.54, 1.807) is 0 Å². The van der Waals surface area contributed by atoms with Gasteiger partial charge in [0.15, 0.2) is 11.5 Å². The van der Waals surface area contributed by atoms with Crippen LogP contribution >= 0.6 is 11.6 Å². The lowest BCUT2D eigenvalue weighted by Gasteiger charge is -1.96. The molecule has 2 aliphatic heterocycles. The van der Waals surface area contributed by atoms with Crippen LogP contribution in [0.15, 0.2) is 16.1 Å². The topological polar surface area (TPSA) is 43.2 Å². The first-order valence-electron chi connectivity index (χ1n) is 4.02. The summed E-state index contributed by atoms with van der Waals surface area (Å²) in [6.45, 7) is 0.0222. The summed E-state index contributed by atoms with van der Waals surface area (Å²) in [4.78, 5) is 6.20. The van der Waals surface area contributed by atoms with Gasteiger partial charge in [0.25, 0.3) is 0 Å². The standard InChI is InChI=1S/C8H3ClF2N2O2/c9-5-6-3(12-8(10,11)13-6)1-4-7(5)15-2-14-4/h1H,2H2. The quantitative estimate of drug-likeness (QED) is 0.623. The number of halogens is 3. The molecule has 0 saturated carbocycles. The Bertz CT molecular complexity index is 573. The monoisotopic (exact) mass is 232 g/mol. The summed E-state index contributed by atoms with van der Waals surface area (Å²) in [6, 6.07) is 1.34. The Morgan fingerprint density at radius 2 is 2.13 bits per heavy atom. The van der Waals surface area contributed by atoms with Gasteiger partial charge in [-0.1, -0.05) is 11.6 Å². The second kappa shape index (κ2) is 2.57. The van der Waals surface area contributed by atoms with Gasteiger partial charge in [0, 0.05) is 6.07 Å². The third kappa shape index (κ3) is 1.18. The highest BCUT2D eigenvalue weighted by Gasteiger charge is 2.33. The molecule has 0 amide bonds. The molecule has 2 heterocycles. The van der Waals surface area contributed by atoms with Crippen molar-refractivity contribution in [1.29, 1.82) is 0 Å². The van der Waals surface area contributed by atoms with Crippen LogP contribution in [-0.2, 0) is 0 Å². The first-order valence-corrected chi connectivity index (χ1v) is 4.40. The number of hydrogen-bond donors (Lipinski definition) is 0. The maximum absolute atomic E-state index is 12.8. The third-order valence-electron chi connectivity index (χ3n) is 2.06. The Balaban J connectivity index is 2.40. The summed E-state index contributed by atoms with van der Waals surface area (Å²) in [7, 11) is 0. The van der Waals surface area contributed by atoms with E-state index in [-0.39, 0.29) is 28.3 Å². The van der Waals surface area contributed by atoms with E-state index in [9.17, 15) is 8.78 Å². The number of benzene rings is 1. The summed E-state index contributed by atoms with van der Waals surface area (Å²) in [5.41, 5.74) is 0. The summed E-state index contributed by atoms with van der Waals surface area (Å²) in [6.07, 6.45) is -3.44. The Labute approximate surface area is 86.8 Å². The molecule has 0 unspecified atom stereocenters. The summed E-state index contributed by atoms with van der Waals surface area (Å²) >= 11 is 5.83. The molecule has 1 aromatic rings. The van der Waals surface area contributed by atoms with Crippen LogP contribution in [0.3, 0.4) is 0 Å². The first kappa shape index (κ1) is 8.84. The van der Waals surface area contributed by atoms with Crippen molar-refractivity contribution in [2.45, 2.75) is 6.17 Å². The molecule has 15 heavy (non-hydrogen) atoms. The predicted molar refractivity (Wildman–Crippen MR) is 44.8 cm³/mol. The van der Waals surface area contributed by atoms with Gasteiger partial charge in [-0.25, -0.2) is 0 Å². The normalized spacial score (nSPS) is 19.4. The fraction of sp³-hybridized carbons (Fsp3) is 0.250. The average molecular weight is 233 g/mol. The summed E-state index contributed by atoms with van der Waals surface area (Å²) < 4.78 is 35.7. The van der Waals surface area contributed by atoms with Crippen molar-refractivity contribution >= 4 is 11.6 Å². The van der Waals surface area contributed by atoms with E-state index in [0.29, 0.717) is 5.75 Å². The SMILES string of the molecule is FC1(F)N=c2cc3c(c(Cl)c2=N1)OCO3. The van der Waals surface area contributed by atoms with Gasteiger partial charge >= 0.3 is 6.17 Å². The number of alkyl halides is 2. The van der Waals surface area contributed by atoms with Gasteiger partial charge in [-0.3, -0.25) is 0 Å². The van der Waals surface area contributed by atoms with E-state index in [1.807, 2.05) is 0 Å². The molecule has 0 N–H and O–H groups in total. The molecule has 0 saturated heterocycles. The minimum Gasteiger partial charge on any atom is -0.453 e. The zero-order valence-electron chi connectivity index (χ0n) is 7.13. The Kier molecular flexibility index (Phi) is 1.52. The Morgan fingerprint density at radius 1 is 1.33 bits per heavy atom. The van der Waals surface area contributed by atoms with Crippen molar-refractivity contribution in [3.63, 3.8) is 0 Å². The van der Waals surface area contributed by atoms with Crippen LogP contribution < -0.4 is 20.2 Å². The Morgan fingerprint density at radius 3 is 2.93 bits per heavy atom. The van der Waals surface area contributed by atoms with Crippen LogP contribution in [0.5, 0.6) is 11.5 Å². The summed E-state index contributed by atoms with van der Waals surface area (Å²) in [5.74, 6) is 0.558. The van der Waals surface area contributed by atoms with Crippen LogP contribution in [0.1, 0.15) is 0 Å². The van der Waals surface area contributed by atoms with Gasteiger partial charge in [0.05, 0.1) is 5.36 Å². The van der Waals surface area contributed by atoms with Crippen molar-refractivity contribution in [1.82, 2.24) is 0 Å². The van der Waals surface area contributed by atoms with E-state index >= 15 is 0 Å². The molecule has 0 fully saturated rings. The van der Waals surface area contributed by atoms with Crippen molar-refractivity contribution in [3.05, 3.63) is 21.8 Å². The highest BCUT2D eigenvalue weighted by atomic mass is 35.5. The maximum Gasteiger partial charge on any atom is 0.450 e. The molecule has 0 atom stereocenters. The van der Waals surface area contributed by atoms with Crippen molar-refractivity contribution in [2.24, 2.45) is 9.98 Å². The van der Waals surface area contributed by atoms with E-state index in [4.69, 9.17) is 21.1 Å². The van der Waals surface area contributed by atoms with E-state index in [0.717, 1.165) is 0 Å². The lowest BCUT2D eigenvalue weighted by atomic mass is 10.3. The van der Waals surface area contributed by atoms with Crippen LogP contribution in [0.2, 0.25) is 5.02 Å². The predicted octanol–water partition coefficient (Wildman–Crippen LogP) is 0.872. The van der Waals surface area contributed by atoms with Crippen molar-refractivity contribution in [3.8, 4) is 11.5 Å². The maximum atomic E-state index is 12.8. The van der Waals surface area contributed by atoms with Crippen molar-refractivity contribution < 1.29 is 18.3 Å². The Hall–Kier alpha value is -1.43. The zero-order chi connectivity index (χ0) is 10.6. The lowest BCUT2D eigenvalue weighted by molar-refractivity contribution is 0.0194. The lowest BCUT2D eigenvalue weighted by Crippen LogP contribution is -2.22. The van der Waals surface area contributed by atoms with Gasteiger partial charge in [0.2, 0.25) is 6.79 Å². The second-order valence-corrected chi connectivity index (χ2v) is 3.40. The van der Waals surface area contributed by atoms with Crippen LogP contribution in [0, 0.1) is 0 Å². The summed E-state index contributed by atoms with van der Waals surface area (Å²) in [5, 5.41) is -0.0129. The van der Waals surface area contributed by atoms with Gasteiger partial charge in [-0.2, -0.15) is 18.8 Å². The molecule has 4 nitrogen and oxygen atoms in total. The van der Waals surface area contributed by atoms with Crippen molar-refractivity contribution in [2.75, 3.05) is 6.79 Å². The molecule has 0 aliphatic carbocycles. The molecule has 7 heteroatoms. The first-order chi connectivity index (χ1) is 7.07. The molecule has 0 bridgehead atoms. The smallest absolute Gasteiger partial charge is 0.450 e. The molecule has 78 valence electrons. The highest BCUT2D eigenvalue weighted by Crippen LogP contribution is 2.36. The molecule has 0 aromatic heterocycles. The molecule has 1 aromatic carbocycles. The van der Waals surface area contributed by atoms with Gasteiger partial charge in [-0.15, -0.1) is 0 Å². The van der Waals surface area contributed by atoms with Gasteiger partial charge < -0.3 is 9.47 Å². The van der Waals surface area contributed by atoms with Crippen LogP contribution in [0.4, 0.5) is 8.78 Å². The molecule has 0 spiro atoms. The van der Waals surface area contributed by atoms with E-state index in [1.165, 1.54) is 6.07 Å². The number of ether oxygens (including phenoxy) is 2. The van der Waals surface area contributed by atoms with E-state index in [2.05, 4.69) is 9.98 Å². The number of nitrogens with zero attached hydrogens (tertiary/aromatic N) is 2. The largest absolute Gasteiger partial charge is 0.453 e. The molecular weight excluding hydrogens is 230 g/mol. The minimum atomic E-state index is -3.44. The van der Waals surface area contributed by atoms with E-state index < -0.39 is 6.17 Å². The second-order valence-electron chi connectivity index (χ2n) is 3.03. The number of hydrogen-bond acceptors (Lipinski definition) is 4. The van der Waals surface area contributed by atoms with Gasteiger partial charge in [0.1, 0.15) is 10.4 Å².